The number of amides is 3. The summed E-state index contributed by atoms with van der Waals surface area (Å²) < 4.78 is 5.25. The van der Waals surface area contributed by atoms with Crippen molar-refractivity contribution in [3.63, 3.8) is 0 Å². The van der Waals surface area contributed by atoms with Crippen molar-refractivity contribution in [2.75, 3.05) is 18.6 Å². The van der Waals surface area contributed by atoms with E-state index in [1.165, 1.54) is 4.90 Å². The van der Waals surface area contributed by atoms with Crippen molar-refractivity contribution in [1.82, 2.24) is 10.2 Å². The van der Waals surface area contributed by atoms with Gasteiger partial charge < -0.3 is 15.0 Å². The summed E-state index contributed by atoms with van der Waals surface area (Å²) in [7, 11) is 1.60. The van der Waals surface area contributed by atoms with Gasteiger partial charge in [-0.25, -0.2) is 0 Å². The molecule has 0 aromatic heterocycles. The maximum atomic E-state index is 13.8. The molecule has 0 unspecified atom stereocenters. The molecule has 3 aromatic rings. The van der Waals surface area contributed by atoms with Crippen LogP contribution in [0, 0.1) is 0 Å². The summed E-state index contributed by atoms with van der Waals surface area (Å²) in [5.74, 6) is 0.0466. The largest absolute Gasteiger partial charge is 0.497 e. The summed E-state index contributed by atoms with van der Waals surface area (Å²) >= 11 is 0. The first-order chi connectivity index (χ1) is 17.4. The molecule has 1 aliphatic rings. The van der Waals surface area contributed by atoms with E-state index in [0.717, 1.165) is 28.4 Å². The topological polar surface area (TPSA) is 79.0 Å². The van der Waals surface area contributed by atoms with Crippen LogP contribution in [0.25, 0.3) is 10.8 Å². The molecule has 3 aromatic carbocycles. The highest BCUT2D eigenvalue weighted by molar-refractivity contribution is 6.26. The number of hydrogen-bond acceptors (Lipinski definition) is 4. The van der Waals surface area contributed by atoms with Crippen molar-refractivity contribution in [3.8, 4) is 5.75 Å². The minimum Gasteiger partial charge on any atom is -0.497 e. The molecule has 0 fully saturated rings. The Hall–Kier alpha value is -3.87. The van der Waals surface area contributed by atoms with Crippen LogP contribution in [0.3, 0.4) is 0 Å². The fraction of sp³-hybridized carbons (Fsp3) is 0.345. The van der Waals surface area contributed by atoms with Crippen molar-refractivity contribution in [2.45, 2.75) is 52.2 Å². The van der Waals surface area contributed by atoms with Crippen LogP contribution in [-0.4, -0.2) is 48.4 Å². The van der Waals surface area contributed by atoms with Crippen LogP contribution in [0.1, 0.15) is 49.5 Å². The molecular formula is C29H33N3O4. The van der Waals surface area contributed by atoms with Gasteiger partial charge in [-0.05, 0) is 55.0 Å². The first-order valence-electron chi connectivity index (χ1n) is 12.4. The normalized spacial score (nSPS) is 14.0. The molecule has 0 aliphatic carbocycles. The lowest BCUT2D eigenvalue weighted by Gasteiger charge is -2.33. The highest BCUT2D eigenvalue weighted by atomic mass is 16.5. The number of rotatable bonds is 10. The molecule has 3 amide bonds. The Kier molecular flexibility index (Phi) is 7.58. The van der Waals surface area contributed by atoms with Gasteiger partial charge in [-0.1, -0.05) is 50.2 Å². The summed E-state index contributed by atoms with van der Waals surface area (Å²) in [4.78, 5) is 43.4. The number of methoxy groups -OCH3 is 1. The summed E-state index contributed by atoms with van der Waals surface area (Å²) in [5, 5.41) is 4.84. The van der Waals surface area contributed by atoms with Crippen LogP contribution in [0.15, 0.2) is 60.7 Å². The monoisotopic (exact) mass is 487 g/mol. The Bertz CT molecular complexity index is 1270. The van der Waals surface area contributed by atoms with Crippen molar-refractivity contribution < 1.29 is 19.1 Å². The Morgan fingerprint density at radius 2 is 1.69 bits per heavy atom. The van der Waals surface area contributed by atoms with Gasteiger partial charge in [-0.2, -0.15) is 0 Å². The third kappa shape index (κ3) is 4.91. The summed E-state index contributed by atoms with van der Waals surface area (Å²) in [6.45, 7) is 5.95. The Morgan fingerprint density at radius 1 is 1.00 bits per heavy atom. The van der Waals surface area contributed by atoms with Crippen molar-refractivity contribution in [3.05, 3.63) is 71.8 Å². The molecule has 4 rings (SSSR count). The SMILES string of the molecule is CC[C@@H](C)NC(=O)[C@H](CC)N(Cc1ccc(OC)cc1)C(=O)CN1C(=O)c2cccc3cccc1c23. The van der Waals surface area contributed by atoms with Crippen molar-refractivity contribution >= 4 is 34.2 Å². The van der Waals surface area contributed by atoms with E-state index in [2.05, 4.69) is 5.32 Å². The molecule has 0 saturated carbocycles. The fourth-order valence-corrected chi connectivity index (χ4v) is 4.65. The van der Waals surface area contributed by atoms with Crippen molar-refractivity contribution in [2.24, 2.45) is 0 Å². The van der Waals surface area contributed by atoms with Crippen molar-refractivity contribution in [1.29, 1.82) is 0 Å². The molecule has 188 valence electrons. The smallest absolute Gasteiger partial charge is 0.259 e. The van der Waals surface area contributed by atoms with Gasteiger partial charge in [0.15, 0.2) is 0 Å². The van der Waals surface area contributed by atoms with Gasteiger partial charge in [0.1, 0.15) is 18.3 Å². The van der Waals surface area contributed by atoms with Crippen LogP contribution >= 0.6 is 0 Å². The van der Waals surface area contributed by atoms with E-state index in [0.29, 0.717) is 17.7 Å². The van der Waals surface area contributed by atoms with E-state index < -0.39 is 6.04 Å². The molecule has 0 saturated heterocycles. The maximum absolute atomic E-state index is 13.8. The van der Waals surface area contributed by atoms with E-state index in [4.69, 9.17) is 4.74 Å². The van der Waals surface area contributed by atoms with Gasteiger partial charge in [-0.3, -0.25) is 19.3 Å². The van der Waals surface area contributed by atoms with Gasteiger partial charge in [0, 0.05) is 23.5 Å². The molecule has 7 nitrogen and oxygen atoms in total. The summed E-state index contributed by atoms with van der Waals surface area (Å²) in [6.07, 6.45) is 1.24. The lowest BCUT2D eigenvalue weighted by Crippen LogP contribution is -2.53. The molecule has 36 heavy (non-hydrogen) atoms. The van der Waals surface area contributed by atoms with E-state index in [-0.39, 0.29) is 36.9 Å². The highest BCUT2D eigenvalue weighted by Crippen LogP contribution is 2.37. The summed E-state index contributed by atoms with van der Waals surface area (Å²) in [6, 6.07) is 18.1. The van der Waals surface area contributed by atoms with E-state index >= 15 is 0 Å². The average molecular weight is 488 g/mol. The van der Waals surface area contributed by atoms with Gasteiger partial charge in [0.05, 0.1) is 12.8 Å². The van der Waals surface area contributed by atoms with Crippen LogP contribution < -0.4 is 15.0 Å². The zero-order valence-corrected chi connectivity index (χ0v) is 21.3. The predicted octanol–water partition coefficient (Wildman–Crippen LogP) is 4.53. The molecule has 0 bridgehead atoms. The Labute approximate surface area is 212 Å². The second-order valence-corrected chi connectivity index (χ2v) is 9.18. The maximum Gasteiger partial charge on any atom is 0.259 e. The van der Waals surface area contributed by atoms with Crippen LogP contribution in [0.5, 0.6) is 5.75 Å². The molecule has 1 heterocycles. The molecular weight excluding hydrogens is 454 g/mol. The van der Waals surface area contributed by atoms with Crippen LogP contribution in [0.2, 0.25) is 0 Å². The molecule has 1 N–H and O–H groups in total. The lowest BCUT2D eigenvalue weighted by molar-refractivity contribution is -0.140. The number of nitrogens with one attached hydrogen (secondary N) is 1. The van der Waals surface area contributed by atoms with Crippen LogP contribution in [-0.2, 0) is 16.1 Å². The van der Waals surface area contributed by atoms with Gasteiger partial charge in [0.2, 0.25) is 11.8 Å². The number of carbonyl (C=O) groups is 3. The second-order valence-electron chi connectivity index (χ2n) is 9.18. The van der Waals surface area contributed by atoms with Gasteiger partial charge >= 0.3 is 0 Å². The molecule has 0 spiro atoms. The predicted molar refractivity (Wildman–Crippen MR) is 141 cm³/mol. The first kappa shape index (κ1) is 25.2. The van der Waals surface area contributed by atoms with E-state index in [1.807, 2.05) is 75.4 Å². The zero-order chi connectivity index (χ0) is 25.8. The fourth-order valence-electron chi connectivity index (χ4n) is 4.65. The Balaban J connectivity index is 1.64. The number of anilines is 1. The minimum absolute atomic E-state index is 0.00301. The zero-order valence-electron chi connectivity index (χ0n) is 21.3. The number of benzene rings is 3. The molecule has 2 atom stereocenters. The first-order valence-corrected chi connectivity index (χ1v) is 12.4. The van der Waals surface area contributed by atoms with Gasteiger partial charge in [-0.15, -0.1) is 0 Å². The standard InChI is InChI=1S/C29H33N3O4/c1-5-19(3)30-28(34)24(6-2)31(17-20-13-15-22(36-4)16-14-20)26(33)18-32-25-12-8-10-21-9-7-11-23(27(21)25)29(32)35/h7-16,19,24H,5-6,17-18H2,1-4H3,(H,30,34)/t19-,24+/m1/s1. The van der Waals surface area contributed by atoms with E-state index in [1.54, 1.807) is 18.1 Å². The molecule has 1 aliphatic heterocycles. The van der Waals surface area contributed by atoms with Gasteiger partial charge in [0.25, 0.3) is 5.91 Å². The third-order valence-corrected chi connectivity index (χ3v) is 6.84. The Morgan fingerprint density at radius 3 is 2.33 bits per heavy atom. The van der Waals surface area contributed by atoms with Crippen LogP contribution in [0.4, 0.5) is 5.69 Å². The number of carbonyl (C=O) groups excluding carboxylic acids is 3. The van der Waals surface area contributed by atoms with E-state index in [9.17, 15) is 14.4 Å². The average Bonchev–Trinajstić information content (AvgIpc) is 3.16. The third-order valence-electron chi connectivity index (χ3n) is 6.84. The molecule has 7 heteroatoms. The molecule has 0 radical (unpaired) electrons. The summed E-state index contributed by atoms with van der Waals surface area (Å²) in [5.41, 5.74) is 2.19. The highest BCUT2D eigenvalue weighted by Gasteiger charge is 2.35. The number of ether oxygens (including phenoxy) is 1. The lowest BCUT2D eigenvalue weighted by atomic mass is 10.1. The number of hydrogen-bond donors (Lipinski definition) is 1. The quantitative estimate of drug-likeness (QED) is 0.456. The minimum atomic E-state index is -0.663. The number of nitrogens with zero attached hydrogens (tertiary/aromatic N) is 2. The second kappa shape index (κ2) is 10.8.